The molecule has 0 bridgehead atoms. The van der Waals surface area contributed by atoms with Gasteiger partial charge >= 0.3 is 0 Å². The fourth-order valence-corrected chi connectivity index (χ4v) is 2.18. The van der Waals surface area contributed by atoms with Crippen molar-refractivity contribution in [2.24, 2.45) is 5.73 Å². The maximum absolute atomic E-state index is 13.9. The van der Waals surface area contributed by atoms with Crippen LogP contribution in [-0.4, -0.2) is 18.6 Å². The zero-order valence-electron chi connectivity index (χ0n) is 12.5. The molecule has 3 N–H and O–H groups in total. The molecular formula is C15H23FN2O2. The maximum Gasteiger partial charge on any atom is 0.240 e. The number of benzene rings is 1. The first kappa shape index (κ1) is 16.4. The van der Waals surface area contributed by atoms with E-state index in [-0.39, 0.29) is 5.91 Å². The van der Waals surface area contributed by atoms with E-state index >= 15 is 0 Å². The molecule has 0 radical (unpaired) electrons. The molecule has 2 unspecified atom stereocenters. The highest BCUT2D eigenvalue weighted by atomic mass is 19.1. The van der Waals surface area contributed by atoms with Gasteiger partial charge in [-0.3, -0.25) is 4.79 Å². The van der Waals surface area contributed by atoms with Gasteiger partial charge in [-0.2, -0.15) is 0 Å². The van der Waals surface area contributed by atoms with Crippen molar-refractivity contribution < 1.29 is 13.9 Å². The molecule has 1 aromatic carbocycles. The lowest BCUT2D eigenvalue weighted by Gasteiger charge is -2.26. The zero-order valence-corrected chi connectivity index (χ0v) is 12.5. The molecule has 0 saturated heterocycles. The third kappa shape index (κ3) is 3.70. The van der Waals surface area contributed by atoms with Gasteiger partial charge in [0.25, 0.3) is 0 Å². The van der Waals surface area contributed by atoms with Crippen LogP contribution in [0.25, 0.3) is 0 Å². The average Bonchev–Trinajstić information content (AvgIpc) is 2.37. The predicted octanol–water partition coefficient (Wildman–Crippen LogP) is 2.53. The standard InChI is InChI=1S/C15H23FN2O2/c1-5-9-15(3,17)14(19)18-10(2)13-11(16)7-6-8-12(13)20-4/h6-8,10H,5,9,17H2,1-4H3,(H,18,19). The number of hydrogen-bond acceptors (Lipinski definition) is 3. The Labute approximate surface area is 119 Å². The van der Waals surface area contributed by atoms with E-state index in [1.807, 2.05) is 6.92 Å². The lowest BCUT2D eigenvalue weighted by atomic mass is 9.95. The molecule has 0 fully saturated rings. The van der Waals surface area contributed by atoms with Crippen molar-refractivity contribution in [2.75, 3.05) is 7.11 Å². The Kier molecular flexibility index (Phi) is 5.51. The number of carbonyl (C=O) groups is 1. The van der Waals surface area contributed by atoms with E-state index in [2.05, 4.69) is 5.32 Å². The Bertz CT molecular complexity index is 475. The summed E-state index contributed by atoms with van der Waals surface area (Å²) < 4.78 is 19.1. The van der Waals surface area contributed by atoms with Gasteiger partial charge < -0.3 is 15.8 Å². The molecule has 112 valence electrons. The van der Waals surface area contributed by atoms with Crippen LogP contribution < -0.4 is 15.8 Å². The smallest absolute Gasteiger partial charge is 0.240 e. The van der Waals surface area contributed by atoms with Gasteiger partial charge in [-0.25, -0.2) is 4.39 Å². The van der Waals surface area contributed by atoms with Crippen molar-refractivity contribution >= 4 is 5.91 Å². The van der Waals surface area contributed by atoms with Crippen LogP contribution in [0.15, 0.2) is 18.2 Å². The van der Waals surface area contributed by atoms with Crippen LogP contribution in [0.1, 0.15) is 45.2 Å². The highest BCUT2D eigenvalue weighted by Gasteiger charge is 2.29. The van der Waals surface area contributed by atoms with E-state index in [1.165, 1.54) is 13.2 Å². The summed E-state index contributed by atoms with van der Waals surface area (Å²) in [4.78, 5) is 12.2. The Morgan fingerprint density at radius 2 is 2.20 bits per heavy atom. The van der Waals surface area contributed by atoms with E-state index in [9.17, 15) is 9.18 Å². The van der Waals surface area contributed by atoms with Crippen molar-refractivity contribution in [2.45, 2.75) is 45.2 Å². The first-order chi connectivity index (χ1) is 9.33. The zero-order chi connectivity index (χ0) is 15.3. The summed E-state index contributed by atoms with van der Waals surface area (Å²) in [6.45, 7) is 5.35. The van der Waals surface area contributed by atoms with E-state index in [4.69, 9.17) is 10.5 Å². The van der Waals surface area contributed by atoms with Crippen molar-refractivity contribution in [1.82, 2.24) is 5.32 Å². The van der Waals surface area contributed by atoms with Gasteiger partial charge in [0, 0.05) is 0 Å². The Morgan fingerprint density at radius 1 is 1.55 bits per heavy atom. The molecule has 0 aromatic heterocycles. The highest BCUT2D eigenvalue weighted by Crippen LogP contribution is 2.28. The molecule has 20 heavy (non-hydrogen) atoms. The molecule has 5 heteroatoms. The molecule has 1 aromatic rings. The molecule has 1 amide bonds. The average molecular weight is 282 g/mol. The number of carbonyl (C=O) groups excluding carboxylic acids is 1. The minimum Gasteiger partial charge on any atom is -0.496 e. The summed E-state index contributed by atoms with van der Waals surface area (Å²) in [6.07, 6.45) is 1.37. The van der Waals surface area contributed by atoms with Crippen molar-refractivity contribution in [3.63, 3.8) is 0 Å². The topological polar surface area (TPSA) is 64.4 Å². The SMILES string of the molecule is CCCC(C)(N)C(=O)NC(C)c1c(F)cccc1OC. The van der Waals surface area contributed by atoms with Crippen molar-refractivity contribution in [3.8, 4) is 5.75 Å². The molecule has 4 nitrogen and oxygen atoms in total. The second-order valence-electron chi connectivity index (χ2n) is 5.22. The highest BCUT2D eigenvalue weighted by molar-refractivity contribution is 5.85. The monoisotopic (exact) mass is 282 g/mol. The number of nitrogens with two attached hydrogens (primary N) is 1. The summed E-state index contributed by atoms with van der Waals surface area (Å²) in [7, 11) is 1.47. The summed E-state index contributed by atoms with van der Waals surface area (Å²) in [5, 5.41) is 2.75. The first-order valence-corrected chi connectivity index (χ1v) is 6.75. The number of amides is 1. The van der Waals surface area contributed by atoms with Crippen molar-refractivity contribution in [3.05, 3.63) is 29.6 Å². The summed E-state index contributed by atoms with van der Waals surface area (Å²) in [5.41, 5.74) is 5.34. The van der Waals surface area contributed by atoms with Gasteiger partial charge in [0.15, 0.2) is 0 Å². The number of hydrogen-bond donors (Lipinski definition) is 2. The van der Waals surface area contributed by atoms with E-state index < -0.39 is 17.4 Å². The van der Waals surface area contributed by atoms with Gasteiger partial charge in [-0.1, -0.05) is 19.4 Å². The number of rotatable bonds is 6. The Hall–Kier alpha value is -1.62. The fraction of sp³-hybridized carbons (Fsp3) is 0.533. The molecule has 1 rings (SSSR count). The first-order valence-electron chi connectivity index (χ1n) is 6.75. The molecule has 0 saturated carbocycles. The lowest BCUT2D eigenvalue weighted by Crippen LogP contribution is -2.52. The van der Waals surface area contributed by atoms with Crippen LogP contribution >= 0.6 is 0 Å². The fourth-order valence-electron chi connectivity index (χ4n) is 2.18. The second-order valence-corrected chi connectivity index (χ2v) is 5.22. The Morgan fingerprint density at radius 3 is 2.75 bits per heavy atom. The summed E-state index contributed by atoms with van der Waals surface area (Å²) in [5.74, 6) is -0.296. The number of ether oxygens (including phenoxy) is 1. The van der Waals surface area contributed by atoms with E-state index in [1.54, 1.807) is 26.0 Å². The number of nitrogens with one attached hydrogen (secondary N) is 1. The predicted molar refractivity (Wildman–Crippen MR) is 77.0 cm³/mol. The van der Waals surface area contributed by atoms with Crippen LogP contribution in [0.3, 0.4) is 0 Å². The van der Waals surface area contributed by atoms with Crippen LogP contribution in [-0.2, 0) is 4.79 Å². The molecule has 0 aliphatic rings. The molecule has 0 spiro atoms. The van der Waals surface area contributed by atoms with Crippen LogP contribution in [0.4, 0.5) is 4.39 Å². The molecular weight excluding hydrogens is 259 g/mol. The Balaban J connectivity index is 2.92. The normalized spacial score (nSPS) is 15.3. The van der Waals surface area contributed by atoms with Crippen LogP contribution in [0.2, 0.25) is 0 Å². The number of halogens is 1. The van der Waals surface area contributed by atoms with Gasteiger partial charge in [0.05, 0.1) is 24.3 Å². The summed E-state index contributed by atoms with van der Waals surface area (Å²) >= 11 is 0. The van der Waals surface area contributed by atoms with E-state index in [0.29, 0.717) is 17.7 Å². The third-order valence-electron chi connectivity index (χ3n) is 3.30. The van der Waals surface area contributed by atoms with E-state index in [0.717, 1.165) is 6.42 Å². The van der Waals surface area contributed by atoms with Crippen LogP contribution in [0.5, 0.6) is 5.75 Å². The molecule has 0 heterocycles. The summed E-state index contributed by atoms with van der Waals surface area (Å²) in [6, 6.07) is 4.05. The molecule has 0 aliphatic carbocycles. The minimum absolute atomic E-state index is 0.294. The largest absolute Gasteiger partial charge is 0.496 e. The van der Waals surface area contributed by atoms with Gasteiger partial charge in [0.2, 0.25) is 5.91 Å². The van der Waals surface area contributed by atoms with Gasteiger partial charge in [-0.15, -0.1) is 0 Å². The maximum atomic E-state index is 13.9. The number of methoxy groups -OCH3 is 1. The van der Waals surface area contributed by atoms with Gasteiger partial charge in [0.1, 0.15) is 11.6 Å². The molecule has 0 aliphatic heterocycles. The lowest BCUT2D eigenvalue weighted by molar-refractivity contribution is -0.126. The van der Waals surface area contributed by atoms with Crippen LogP contribution in [0, 0.1) is 5.82 Å². The van der Waals surface area contributed by atoms with Crippen molar-refractivity contribution in [1.29, 1.82) is 0 Å². The third-order valence-corrected chi connectivity index (χ3v) is 3.30. The quantitative estimate of drug-likeness (QED) is 0.842. The second kappa shape index (κ2) is 6.70. The molecule has 2 atom stereocenters. The van der Waals surface area contributed by atoms with Gasteiger partial charge in [-0.05, 0) is 32.4 Å². The minimum atomic E-state index is -0.957.